The molecule has 0 saturated heterocycles. The van der Waals surface area contributed by atoms with E-state index >= 15 is 0 Å². The standard InChI is InChI=1S/C14H7ClF6/c15-12-6-5-8(13(16,17)18)7-10(12)9-3-1-2-4-11(9)14(19,20)21/h1-7H. The predicted octanol–water partition coefficient (Wildman–Crippen LogP) is 6.04. The highest BCUT2D eigenvalue weighted by molar-refractivity contribution is 6.33. The Labute approximate surface area is 121 Å². The van der Waals surface area contributed by atoms with Crippen LogP contribution in [0.5, 0.6) is 0 Å². The third-order valence-electron chi connectivity index (χ3n) is 2.82. The van der Waals surface area contributed by atoms with Crippen LogP contribution in [0.15, 0.2) is 42.5 Å². The van der Waals surface area contributed by atoms with Crippen LogP contribution in [0.4, 0.5) is 26.3 Å². The molecule has 0 fully saturated rings. The highest BCUT2D eigenvalue weighted by Gasteiger charge is 2.35. The highest BCUT2D eigenvalue weighted by Crippen LogP contribution is 2.41. The van der Waals surface area contributed by atoms with E-state index in [9.17, 15) is 26.3 Å². The molecule has 7 heteroatoms. The van der Waals surface area contributed by atoms with E-state index in [0.717, 1.165) is 30.3 Å². The van der Waals surface area contributed by atoms with Gasteiger partial charge in [-0.05, 0) is 29.8 Å². The normalized spacial score (nSPS) is 12.5. The molecule has 0 atom stereocenters. The van der Waals surface area contributed by atoms with Crippen LogP contribution < -0.4 is 0 Å². The molecule has 0 unspecified atom stereocenters. The Morgan fingerprint density at radius 1 is 0.714 bits per heavy atom. The van der Waals surface area contributed by atoms with Crippen LogP contribution in [0.3, 0.4) is 0 Å². The zero-order chi connectivity index (χ0) is 15.8. The summed E-state index contributed by atoms with van der Waals surface area (Å²) in [4.78, 5) is 0. The lowest BCUT2D eigenvalue weighted by molar-refractivity contribution is -0.137. The van der Waals surface area contributed by atoms with E-state index in [1.54, 1.807) is 0 Å². The Bertz CT molecular complexity index is 657. The first-order chi connectivity index (χ1) is 9.60. The Balaban J connectivity index is 2.68. The van der Waals surface area contributed by atoms with Gasteiger partial charge in [-0.1, -0.05) is 29.8 Å². The van der Waals surface area contributed by atoms with Crippen molar-refractivity contribution in [1.82, 2.24) is 0 Å². The van der Waals surface area contributed by atoms with Gasteiger partial charge >= 0.3 is 12.4 Å². The van der Waals surface area contributed by atoms with Crippen molar-refractivity contribution < 1.29 is 26.3 Å². The van der Waals surface area contributed by atoms with E-state index in [2.05, 4.69) is 0 Å². The van der Waals surface area contributed by atoms with Gasteiger partial charge in [-0.15, -0.1) is 0 Å². The molecule has 0 bridgehead atoms. The fraction of sp³-hybridized carbons (Fsp3) is 0.143. The number of benzene rings is 2. The van der Waals surface area contributed by atoms with Crippen LogP contribution in [0.1, 0.15) is 11.1 Å². The molecule has 0 spiro atoms. The molecule has 0 saturated carbocycles. The van der Waals surface area contributed by atoms with Crippen LogP contribution in [-0.4, -0.2) is 0 Å². The van der Waals surface area contributed by atoms with Crippen LogP contribution in [-0.2, 0) is 12.4 Å². The molecule has 0 aliphatic carbocycles. The molecular formula is C14H7ClF6. The SMILES string of the molecule is FC(F)(F)c1ccc(Cl)c(-c2ccccc2C(F)(F)F)c1. The second-order valence-corrected chi connectivity index (χ2v) is 4.64. The smallest absolute Gasteiger partial charge is 0.166 e. The zero-order valence-corrected chi connectivity index (χ0v) is 10.9. The van der Waals surface area contributed by atoms with E-state index in [1.807, 2.05) is 0 Å². The van der Waals surface area contributed by atoms with Gasteiger partial charge in [0.25, 0.3) is 0 Å². The van der Waals surface area contributed by atoms with E-state index in [0.29, 0.717) is 6.07 Å². The Morgan fingerprint density at radius 2 is 1.33 bits per heavy atom. The summed E-state index contributed by atoms with van der Waals surface area (Å²) in [5, 5.41) is -0.181. The lowest BCUT2D eigenvalue weighted by Gasteiger charge is -2.15. The third-order valence-corrected chi connectivity index (χ3v) is 3.15. The molecule has 0 nitrogen and oxygen atoms in total. The summed E-state index contributed by atoms with van der Waals surface area (Å²) >= 11 is 5.77. The van der Waals surface area contributed by atoms with Crippen molar-refractivity contribution in [3.63, 3.8) is 0 Å². The van der Waals surface area contributed by atoms with Crippen molar-refractivity contribution in [2.24, 2.45) is 0 Å². The van der Waals surface area contributed by atoms with Crippen molar-refractivity contribution in [1.29, 1.82) is 0 Å². The fourth-order valence-corrected chi connectivity index (χ4v) is 2.09. The minimum absolute atomic E-state index is 0.181. The quantitative estimate of drug-likeness (QED) is 0.561. The first kappa shape index (κ1) is 15.7. The third kappa shape index (κ3) is 3.32. The maximum absolute atomic E-state index is 12.9. The van der Waals surface area contributed by atoms with Gasteiger partial charge < -0.3 is 0 Å². The number of rotatable bonds is 1. The molecule has 0 amide bonds. The van der Waals surface area contributed by atoms with E-state index < -0.39 is 23.5 Å². The summed E-state index contributed by atoms with van der Waals surface area (Å²) in [6, 6.07) is 6.63. The zero-order valence-electron chi connectivity index (χ0n) is 10.2. The average molecular weight is 325 g/mol. The summed E-state index contributed by atoms with van der Waals surface area (Å²) in [5.41, 5.74) is -2.79. The maximum Gasteiger partial charge on any atom is 0.417 e. The van der Waals surface area contributed by atoms with Gasteiger partial charge in [0.2, 0.25) is 0 Å². The predicted molar refractivity (Wildman–Crippen MR) is 66.9 cm³/mol. The molecule has 21 heavy (non-hydrogen) atoms. The van der Waals surface area contributed by atoms with Crippen LogP contribution >= 0.6 is 11.6 Å². The fourth-order valence-electron chi connectivity index (χ4n) is 1.87. The minimum atomic E-state index is -4.69. The van der Waals surface area contributed by atoms with Gasteiger partial charge in [0, 0.05) is 10.6 Å². The van der Waals surface area contributed by atoms with Gasteiger partial charge in [0.15, 0.2) is 0 Å². The number of alkyl halides is 6. The van der Waals surface area contributed by atoms with Gasteiger partial charge in [-0.2, -0.15) is 26.3 Å². The molecule has 0 heterocycles. The average Bonchev–Trinajstić information content (AvgIpc) is 2.37. The molecule has 2 aromatic rings. The molecular weight excluding hydrogens is 318 g/mol. The summed E-state index contributed by atoms with van der Waals surface area (Å²) in [6.07, 6.45) is -9.35. The van der Waals surface area contributed by atoms with E-state index in [4.69, 9.17) is 11.6 Å². The number of hydrogen-bond donors (Lipinski definition) is 0. The van der Waals surface area contributed by atoms with Gasteiger partial charge in [-0.25, -0.2) is 0 Å². The summed E-state index contributed by atoms with van der Waals surface area (Å²) in [6.45, 7) is 0. The molecule has 2 aromatic carbocycles. The number of halogens is 7. The van der Waals surface area contributed by atoms with Crippen molar-refractivity contribution in [2.45, 2.75) is 12.4 Å². The Morgan fingerprint density at radius 3 is 1.90 bits per heavy atom. The Hall–Kier alpha value is -1.69. The van der Waals surface area contributed by atoms with Gasteiger partial charge in [0.1, 0.15) is 0 Å². The second-order valence-electron chi connectivity index (χ2n) is 4.24. The van der Waals surface area contributed by atoms with Crippen molar-refractivity contribution in [2.75, 3.05) is 0 Å². The van der Waals surface area contributed by atoms with E-state index in [-0.39, 0.29) is 16.1 Å². The second kappa shape index (κ2) is 5.26. The van der Waals surface area contributed by atoms with Gasteiger partial charge in [-0.3, -0.25) is 0 Å². The maximum atomic E-state index is 12.9. The van der Waals surface area contributed by atoms with Crippen LogP contribution in [0.25, 0.3) is 11.1 Å². The molecule has 0 aliphatic rings. The topological polar surface area (TPSA) is 0 Å². The van der Waals surface area contributed by atoms with E-state index in [1.165, 1.54) is 6.07 Å². The lowest BCUT2D eigenvalue weighted by atomic mass is 9.97. The summed E-state index contributed by atoms with van der Waals surface area (Å²) in [5.74, 6) is 0. The first-order valence-electron chi connectivity index (χ1n) is 5.64. The lowest BCUT2D eigenvalue weighted by Crippen LogP contribution is -2.08. The molecule has 0 aliphatic heterocycles. The van der Waals surface area contributed by atoms with Crippen molar-refractivity contribution in [3.8, 4) is 11.1 Å². The monoisotopic (exact) mass is 324 g/mol. The molecule has 0 N–H and O–H groups in total. The molecule has 0 radical (unpaired) electrons. The van der Waals surface area contributed by atoms with Crippen molar-refractivity contribution >= 4 is 11.6 Å². The Kier molecular flexibility index (Phi) is 3.93. The largest absolute Gasteiger partial charge is 0.417 e. The number of hydrogen-bond acceptors (Lipinski definition) is 0. The highest BCUT2D eigenvalue weighted by atomic mass is 35.5. The van der Waals surface area contributed by atoms with Crippen LogP contribution in [0, 0.1) is 0 Å². The van der Waals surface area contributed by atoms with Crippen molar-refractivity contribution in [3.05, 3.63) is 58.6 Å². The molecule has 2 rings (SSSR count). The summed E-state index contributed by atoms with van der Waals surface area (Å²) < 4.78 is 76.9. The van der Waals surface area contributed by atoms with Crippen LogP contribution in [0.2, 0.25) is 5.02 Å². The minimum Gasteiger partial charge on any atom is -0.166 e. The first-order valence-corrected chi connectivity index (χ1v) is 6.02. The van der Waals surface area contributed by atoms with Gasteiger partial charge in [0.05, 0.1) is 11.1 Å². The molecule has 112 valence electrons. The molecule has 0 aromatic heterocycles. The summed E-state index contributed by atoms with van der Waals surface area (Å²) in [7, 11) is 0.